The molecule has 2 heteroatoms. The second-order valence-corrected chi connectivity index (χ2v) is 7.03. The SMILES string of the molecule is Cc1ccc(C2=CC3CC3(C)S2)s1. The van der Waals surface area contributed by atoms with E-state index in [0.717, 1.165) is 5.92 Å². The molecule has 2 unspecified atom stereocenters. The van der Waals surface area contributed by atoms with Gasteiger partial charge in [0.15, 0.2) is 0 Å². The average Bonchev–Trinajstić information content (AvgIpc) is 2.51. The highest BCUT2D eigenvalue weighted by molar-refractivity contribution is 8.10. The molecular weight excluding hydrogens is 196 g/mol. The summed E-state index contributed by atoms with van der Waals surface area (Å²) in [7, 11) is 0. The number of hydrogen-bond donors (Lipinski definition) is 0. The van der Waals surface area contributed by atoms with Gasteiger partial charge < -0.3 is 0 Å². The van der Waals surface area contributed by atoms with Crippen LogP contribution in [0.25, 0.3) is 4.91 Å². The summed E-state index contributed by atoms with van der Waals surface area (Å²) in [6.07, 6.45) is 3.86. The maximum absolute atomic E-state index is 2.47. The van der Waals surface area contributed by atoms with Crippen molar-refractivity contribution in [3.8, 4) is 0 Å². The molecule has 3 rings (SSSR count). The average molecular weight is 208 g/mol. The molecule has 2 atom stereocenters. The van der Waals surface area contributed by atoms with Gasteiger partial charge in [-0.15, -0.1) is 23.1 Å². The molecule has 68 valence electrons. The topological polar surface area (TPSA) is 0 Å². The van der Waals surface area contributed by atoms with E-state index in [2.05, 4.69) is 43.8 Å². The van der Waals surface area contributed by atoms with Gasteiger partial charge in [0.1, 0.15) is 0 Å². The zero-order valence-corrected chi connectivity index (χ0v) is 9.47. The summed E-state index contributed by atoms with van der Waals surface area (Å²) in [5.41, 5.74) is 0. The van der Waals surface area contributed by atoms with Crippen LogP contribution >= 0.6 is 23.1 Å². The van der Waals surface area contributed by atoms with E-state index >= 15 is 0 Å². The molecule has 0 spiro atoms. The van der Waals surface area contributed by atoms with Crippen LogP contribution in [-0.2, 0) is 0 Å². The molecule has 0 saturated heterocycles. The first kappa shape index (κ1) is 8.13. The lowest BCUT2D eigenvalue weighted by Gasteiger charge is -2.04. The number of allylic oxidation sites excluding steroid dienone is 1. The lowest BCUT2D eigenvalue weighted by atomic mass is 10.3. The van der Waals surface area contributed by atoms with Gasteiger partial charge in [-0.3, -0.25) is 0 Å². The second-order valence-electron chi connectivity index (χ2n) is 4.17. The quantitative estimate of drug-likeness (QED) is 0.674. The van der Waals surface area contributed by atoms with Crippen molar-refractivity contribution in [3.05, 3.63) is 28.0 Å². The highest BCUT2D eigenvalue weighted by Gasteiger charge is 2.54. The number of thiophene rings is 1. The molecule has 1 aromatic heterocycles. The number of hydrogen-bond acceptors (Lipinski definition) is 2. The maximum atomic E-state index is 2.47. The lowest BCUT2D eigenvalue weighted by Crippen LogP contribution is -1.91. The van der Waals surface area contributed by atoms with Crippen molar-refractivity contribution in [1.82, 2.24) is 0 Å². The van der Waals surface area contributed by atoms with Gasteiger partial charge in [-0.1, -0.05) is 6.08 Å². The first-order valence-electron chi connectivity index (χ1n) is 4.65. The Balaban J connectivity index is 1.92. The van der Waals surface area contributed by atoms with Crippen LogP contribution in [0.15, 0.2) is 18.2 Å². The second kappa shape index (κ2) is 2.43. The molecule has 0 N–H and O–H groups in total. The highest BCUT2D eigenvalue weighted by Crippen LogP contribution is 2.65. The summed E-state index contributed by atoms with van der Waals surface area (Å²) >= 11 is 4.00. The van der Waals surface area contributed by atoms with Gasteiger partial charge in [-0.25, -0.2) is 0 Å². The third kappa shape index (κ3) is 1.19. The smallest absolute Gasteiger partial charge is 0.0406 e. The molecule has 2 heterocycles. The Morgan fingerprint density at radius 1 is 1.46 bits per heavy atom. The molecule has 13 heavy (non-hydrogen) atoms. The highest BCUT2D eigenvalue weighted by atomic mass is 32.2. The molecule has 1 aliphatic heterocycles. The minimum absolute atomic E-state index is 0.577. The van der Waals surface area contributed by atoms with E-state index in [-0.39, 0.29) is 0 Å². The monoisotopic (exact) mass is 208 g/mol. The van der Waals surface area contributed by atoms with E-state index < -0.39 is 0 Å². The van der Waals surface area contributed by atoms with Gasteiger partial charge in [-0.2, -0.15) is 0 Å². The molecule has 1 aliphatic carbocycles. The molecular formula is C11H12S2. The van der Waals surface area contributed by atoms with Crippen molar-refractivity contribution in [3.63, 3.8) is 0 Å². The fraction of sp³-hybridized carbons (Fsp3) is 0.455. The molecule has 0 nitrogen and oxygen atoms in total. The summed E-state index contributed by atoms with van der Waals surface area (Å²) < 4.78 is 0.577. The van der Waals surface area contributed by atoms with Crippen LogP contribution in [0.3, 0.4) is 0 Å². The van der Waals surface area contributed by atoms with Crippen LogP contribution in [-0.4, -0.2) is 4.75 Å². The Labute approximate surface area is 87.0 Å². The normalized spacial score (nSPS) is 35.8. The Kier molecular flexibility index (Phi) is 1.52. The van der Waals surface area contributed by atoms with Gasteiger partial charge in [0.05, 0.1) is 0 Å². The molecule has 1 fully saturated rings. The molecule has 1 saturated carbocycles. The van der Waals surface area contributed by atoms with Crippen molar-refractivity contribution >= 4 is 28.0 Å². The largest absolute Gasteiger partial charge is 0.140 e. The van der Waals surface area contributed by atoms with Crippen molar-refractivity contribution in [1.29, 1.82) is 0 Å². The van der Waals surface area contributed by atoms with Crippen molar-refractivity contribution in [2.75, 3.05) is 0 Å². The van der Waals surface area contributed by atoms with Crippen LogP contribution in [0.5, 0.6) is 0 Å². The van der Waals surface area contributed by atoms with Gasteiger partial charge in [0.25, 0.3) is 0 Å². The summed E-state index contributed by atoms with van der Waals surface area (Å²) in [5, 5.41) is 0. The van der Waals surface area contributed by atoms with Crippen molar-refractivity contribution < 1.29 is 0 Å². The Hall–Kier alpha value is -0.210. The maximum Gasteiger partial charge on any atom is 0.0406 e. The van der Waals surface area contributed by atoms with Gasteiger partial charge in [0, 0.05) is 19.4 Å². The summed E-state index contributed by atoms with van der Waals surface area (Å²) in [6.45, 7) is 4.56. The van der Waals surface area contributed by atoms with E-state index in [4.69, 9.17) is 0 Å². The molecule has 0 amide bonds. The Morgan fingerprint density at radius 2 is 2.31 bits per heavy atom. The van der Waals surface area contributed by atoms with E-state index in [1.807, 2.05) is 11.3 Å². The first-order chi connectivity index (χ1) is 6.17. The van der Waals surface area contributed by atoms with Crippen LogP contribution in [0.1, 0.15) is 23.1 Å². The van der Waals surface area contributed by atoms with Gasteiger partial charge >= 0.3 is 0 Å². The zero-order chi connectivity index (χ0) is 9.05. The minimum Gasteiger partial charge on any atom is -0.140 e. The van der Waals surface area contributed by atoms with Gasteiger partial charge in [-0.05, 0) is 38.3 Å². The lowest BCUT2D eigenvalue weighted by molar-refractivity contribution is 0.976. The van der Waals surface area contributed by atoms with Crippen LogP contribution in [0.2, 0.25) is 0 Å². The summed E-state index contributed by atoms with van der Waals surface area (Å²) in [6, 6.07) is 4.47. The fourth-order valence-corrected chi connectivity index (χ4v) is 4.32. The van der Waals surface area contributed by atoms with Crippen molar-refractivity contribution in [2.24, 2.45) is 5.92 Å². The third-order valence-electron chi connectivity index (χ3n) is 2.93. The molecule has 0 bridgehead atoms. The predicted molar refractivity (Wildman–Crippen MR) is 61.1 cm³/mol. The summed E-state index contributed by atoms with van der Waals surface area (Å²) in [5.74, 6) is 0.870. The molecule has 0 aromatic carbocycles. The van der Waals surface area contributed by atoms with E-state index in [9.17, 15) is 0 Å². The Morgan fingerprint density at radius 3 is 2.85 bits per heavy atom. The van der Waals surface area contributed by atoms with Crippen LogP contribution in [0.4, 0.5) is 0 Å². The first-order valence-corrected chi connectivity index (χ1v) is 6.28. The molecule has 0 radical (unpaired) electrons. The minimum atomic E-state index is 0.577. The van der Waals surface area contributed by atoms with Crippen LogP contribution in [0, 0.1) is 12.8 Å². The van der Waals surface area contributed by atoms with E-state index in [1.165, 1.54) is 21.1 Å². The number of aryl methyl sites for hydroxylation is 1. The van der Waals surface area contributed by atoms with E-state index in [1.54, 1.807) is 0 Å². The number of thioether (sulfide) groups is 1. The standard InChI is InChI=1S/C11H12S2/c1-7-3-4-9(12-7)10-5-8-6-11(8,2)13-10/h3-5,8H,6H2,1-2H3. The summed E-state index contributed by atoms with van der Waals surface area (Å²) in [4.78, 5) is 4.41. The Bertz CT molecular complexity index is 389. The molecule has 1 aromatic rings. The van der Waals surface area contributed by atoms with Gasteiger partial charge in [0.2, 0.25) is 0 Å². The molecule has 2 aliphatic rings. The zero-order valence-electron chi connectivity index (χ0n) is 7.83. The number of rotatable bonds is 1. The van der Waals surface area contributed by atoms with Crippen molar-refractivity contribution in [2.45, 2.75) is 25.0 Å². The van der Waals surface area contributed by atoms with Crippen LogP contribution < -0.4 is 0 Å². The number of fused-ring (bicyclic) bond motifs is 1. The third-order valence-corrected chi connectivity index (χ3v) is 5.60. The predicted octanol–water partition coefficient (Wildman–Crippen LogP) is 3.92. The van der Waals surface area contributed by atoms with E-state index in [0.29, 0.717) is 4.75 Å². The fourth-order valence-electron chi connectivity index (χ4n) is 1.90.